The summed E-state index contributed by atoms with van der Waals surface area (Å²) < 4.78 is 0. The van der Waals surface area contributed by atoms with Gasteiger partial charge in [0.1, 0.15) is 0 Å². The normalized spacial score (nSPS) is 50.1. The molecule has 0 nitrogen and oxygen atoms in total. The zero-order valence-corrected chi connectivity index (χ0v) is 7.06. The fourth-order valence-corrected chi connectivity index (χ4v) is 2.96. The van der Waals surface area contributed by atoms with Crippen molar-refractivity contribution in [2.24, 2.45) is 23.2 Å². The molecule has 0 heteroatoms. The molecule has 10 heavy (non-hydrogen) atoms. The number of rotatable bonds is 0. The van der Waals surface area contributed by atoms with Gasteiger partial charge in [-0.15, -0.1) is 0 Å². The lowest BCUT2D eigenvalue weighted by molar-refractivity contribution is -0.0912. The molecule has 0 heterocycles. The molecule has 0 aliphatic heterocycles. The molecular weight excluding hydrogens is 120 g/mol. The van der Waals surface area contributed by atoms with Crippen LogP contribution in [0, 0.1) is 30.1 Å². The van der Waals surface area contributed by atoms with Gasteiger partial charge in [-0.05, 0) is 49.4 Å². The van der Waals surface area contributed by atoms with Crippen molar-refractivity contribution in [2.75, 3.05) is 0 Å². The van der Waals surface area contributed by atoms with Crippen LogP contribution in [0.4, 0.5) is 0 Å². The van der Waals surface area contributed by atoms with E-state index in [1.54, 1.807) is 0 Å². The highest BCUT2D eigenvalue weighted by atomic mass is 14.6. The van der Waals surface area contributed by atoms with E-state index in [0.717, 1.165) is 17.8 Å². The highest BCUT2D eigenvalue weighted by Gasteiger charge is 2.52. The van der Waals surface area contributed by atoms with E-state index in [2.05, 4.69) is 20.8 Å². The summed E-state index contributed by atoms with van der Waals surface area (Å²) in [5, 5.41) is 0. The molecule has 57 valence electrons. The fraction of sp³-hybridized carbons (Fsp3) is 0.900. The van der Waals surface area contributed by atoms with E-state index in [1.165, 1.54) is 19.3 Å². The van der Waals surface area contributed by atoms with Gasteiger partial charge in [-0.2, -0.15) is 0 Å². The molecule has 1 radical (unpaired) electrons. The Labute approximate surface area is 64.0 Å². The Balaban J connectivity index is 2.16. The molecule has 0 spiro atoms. The second-order valence-corrected chi connectivity index (χ2v) is 4.70. The van der Waals surface area contributed by atoms with E-state index < -0.39 is 0 Å². The number of fused-ring (bicyclic) bond motifs is 2. The van der Waals surface area contributed by atoms with Crippen molar-refractivity contribution in [1.82, 2.24) is 0 Å². The zero-order valence-electron chi connectivity index (χ0n) is 7.06. The van der Waals surface area contributed by atoms with E-state index in [4.69, 9.17) is 0 Å². The molecule has 0 aromatic rings. The Kier molecular flexibility index (Phi) is 1.19. The van der Waals surface area contributed by atoms with Gasteiger partial charge in [0.25, 0.3) is 0 Å². The summed E-state index contributed by atoms with van der Waals surface area (Å²) >= 11 is 0. The Hall–Kier alpha value is 0. The minimum Gasteiger partial charge on any atom is -0.0594 e. The van der Waals surface area contributed by atoms with Gasteiger partial charge in [-0.25, -0.2) is 0 Å². The Bertz CT molecular complexity index is 144. The van der Waals surface area contributed by atoms with Crippen molar-refractivity contribution in [3.05, 3.63) is 6.92 Å². The van der Waals surface area contributed by atoms with Gasteiger partial charge in [0, 0.05) is 0 Å². The second-order valence-electron chi connectivity index (χ2n) is 4.70. The monoisotopic (exact) mass is 137 g/mol. The van der Waals surface area contributed by atoms with E-state index >= 15 is 0 Å². The molecular formula is C10H17. The summed E-state index contributed by atoms with van der Waals surface area (Å²) in [5.74, 6) is 2.75. The fourth-order valence-electron chi connectivity index (χ4n) is 2.96. The molecule has 0 aromatic carbocycles. The van der Waals surface area contributed by atoms with Crippen molar-refractivity contribution in [2.45, 2.75) is 33.1 Å². The summed E-state index contributed by atoms with van der Waals surface area (Å²) in [7, 11) is 0. The Morgan fingerprint density at radius 3 is 2.30 bits per heavy atom. The maximum Gasteiger partial charge on any atom is -0.0295 e. The summed E-state index contributed by atoms with van der Waals surface area (Å²) in [6.07, 6.45) is 4.30. The van der Waals surface area contributed by atoms with Crippen molar-refractivity contribution in [3.8, 4) is 0 Å². The van der Waals surface area contributed by atoms with Crippen molar-refractivity contribution in [1.29, 1.82) is 0 Å². The van der Waals surface area contributed by atoms with Crippen LogP contribution in [0.5, 0.6) is 0 Å². The smallest absolute Gasteiger partial charge is 0.0295 e. The van der Waals surface area contributed by atoms with Gasteiger partial charge in [-0.1, -0.05) is 13.8 Å². The van der Waals surface area contributed by atoms with Crippen molar-refractivity contribution >= 4 is 0 Å². The lowest BCUT2D eigenvalue weighted by Gasteiger charge is -2.59. The molecule has 3 atom stereocenters. The largest absolute Gasteiger partial charge is 0.0594 e. The highest BCUT2D eigenvalue weighted by Crippen LogP contribution is 2.60. The molecule has 1 unspecified atom stereocenters. The van der Waals surface area contributed by atoms with E-state index in [9.17, 15) is 0 Å². The molecule has 0 amide bonds. The quantitative estimate of drug-likeness (QED) is 0.481. The minimum atomic E-state index is 0.644. The molecule has 3 rings (SSSR count). The van der Waals surface area contributed by atoms with Gasteiger partial charge < -0.3 is 0 Å². The average molecular weight is 137 g/mol. The zero-order chi connectivity index (χ0) is 7.35. The predicted octanol–water partition coefficient (Wildman–Crippen LogP) is 2.89. The molecule has 0 N–H and O–H groups in total. The second kappa shape index (κ2) is 1.78. The standard InChI is InChI=1S/C10H17/c1-7-4-5-8-6-9(7)10(8,2)3/h7-9H,1,4-6H2,2-3H3/t7?,8-,9-/m0/s1. The summed E-state index contributed by atoms with van der Waals surface area (Å²) in [6, 6.07) is 0. The first-order valence-electron chi connectivity index (χ1n) is 4.45. The van der Waals surface area contributed by atoms with Crippen molar-refractivity contribution < 1.29 is 0 Å². The Morgan fingerprint density at radius 2 is 2.00 bits per heavy atom. The van der Waals surface area contributed by atoms with Crippen LogP contribution in [0.15, 0.2) is 0 Å². The van der Waals surface area contributed by atoms with Crippen LogP contribution >= 0.6 is 0 Å². The predicted molar refractivity (Wildman–Crippen MR) is 43.5 cm³/mol. The van der Waals surface area contributed by atoms with E-state index in [1.807, 2.05) is 0 Å². The molecule has 3 aliphatic rings. The first-order chi connectivity index (χ1) is 4.62. The lowest BCUT2D eigenvalue weighted by atomic mass is 9.46. The number of hydrogen-bond donors (Lipinski definition) is 0. The molecule has 0 aromatic heterocycles. The molecule has 3 saturated carbocycles. The lowest BCUT2D eigenvalue weighted by Crippen LogP contribution is -2.51. The van der Waals surface area contributed by atoms with Crippen LogP contribution in [-0.2, 0) is 0 Å². The minimum absolute atomic E-state index is 0.644. The third-order valence-corrected chi connectivity index (χ3v) is 4.00. The Morgan fingerprint density at radius 1 is 1.30 bits per heavy atom. The molecule has 0 saturated heterocycles. The molecule has 3 fully saturated rings. The van der Waals surface area contributed by atoms with E-state index in [0.29, 0.717) is 5.41 Å². The van der Waals surface area contributed by atoms with Gasteiger partial charge in [-0.3, -0.25) is 0 Å². The van der Waals surface area contributed by atoms with Crippen LogP contribution in [0.2, 0.25) is 0 Å². The van der Waals surface area contributed by atoms with Gasteiger partial charge >= 0.3 is 0 Å². The summed E-state index contributed by atoms with van der Waals surface area (Å²) in [6.45, 7) is 9.05. The topological polar surface area (TPSA) is 0 Å². The summed E-state index contributed by atoms with van der Waals surface area (Å²) in [4.78, 5) is 0. The van der Waals surface area contributed by atoms with Gasteiger partial charge in [0.2, 0.25) is 0 Å². The molecule has 3 aliphatic carbocycles. The third-order valence-electron chi connectivity index (χ3n) is 4.00. The van der Waals surface area contributed by atoms with Crippen molar-refractivity contribution in [3.63, 3.8) is 0 Å². The van der Waals surface area contributed by atoms with Crippen LogP contribution < -0.4 is 0 Å². The summed E-state index contributed by atoms with van der Waals surface area (Å²) in [5.41, 5.74) is 0.644. The number of hydrogen-bond acceptors (Lipinski definition) is 0. The van der Waals surface area contributed by atoms with Crippen LogP contribution in [-0.4, -0.2) is 0 Å². The average Bonchev–Trinajstić information content (AvgIpc) is 1.87. The maximum absolute atomic E-state index is 4.21. The van der Waals surface area contributed by atoms with Crippen LogP contribution in [0.3, 0.4) is 0 Å². The van der Waals surface area contributed by atoms with Gasteiger partial charge in [0.05, 0.1) is 0 Å². The highest BCUT2D eigenvalue weighted by molar-refractivity contribution is 5.03. The van der Waals surface area contributed by atoms with Crippen LogP contribution in [0.25, 0.3) is 0 Å². The first kappa shape index (κ1) is 6.69. The van der Waals surface area contributed by atoms with E-state index in [-0.39, 0.29) is 0 Å². The first-order valence-corrected chi connectivity index (χ1v) is 4.45. The SMILES string of the molecule is [CH2]C1CC[C@H]2C[C@@H]1C2(C)C. The van der Waals surface area contributed by atoms with Gasteiger partial charge in [0.15, 0.2) is 0 Å². The maximum atomic E-state index is 4.21. The van der Waals surface area contributed by atoms with Crippen LogP contribution in [0.1, 0.15) is 33.1 Å². The third kappa shape index (κ3) is 0.627. The molecule has 2 bridgehead atoms.